The van der Waals surface area contributed by atoms with E-state index in [1.54, 1.807) is 47.9 Å². The molecule has 2 heterocycles. The van der Waals surface area contributed by atoms with Crippen molar-refractivity contribution in [2.24, 2.45) is 13.0 Å². The molecule has 0 amide bonds. The fourth-order valence-electron chi connectivity index (χ4n) is 3.20. The first-order valence-corrected chi connectivity index (χ1v) is 10.9. The molecule has 1 aromatic carbocycles. The molecule has 2 aromatic heterocycles. The number of hydrogen-bond donors (Lipinski definition) is 1. The summed E-state index contributed by atoms with van der Waals surface area (Å²) in [6.07, 6.45) is 5.00. The van der Waals surface area contributed by atoms with E-state index in [0.29, 0.717) is 29.7 Å². The van der Waals surface area contributed by atoms with Crippen LogP contribution in [0.4, 0.5) is 0 Å². The molecule has 0 saturated carbocycles. The lowest BCUT2D eigenvalue weighted by atomic mass is 10.1. The fraction of sp³-hybridized carbons (Fsp3) is 0.400. The van der Waals surface area contributed by atoms with Crippen LogP contribution in [-0.4, -0.2) is 34.9 Å². The van der Waals surface area contributed by atoms with Crippen molar-refractivity contribution in [3.8, 4) is 5.75 Å². The highest BCUT2D eigenvalue weighted by atomic mass is 32.2. The maximum atomic E-state index is 13.3. The van der Waals surface area contributed by atoms with Gasteiger partial charge in [-0.2, -0.15) is 9.82 Å². The summed E-state index contributed by atoms with van der Waals surface area (Å²) in [5.74, 6) is 1.57. The SMILES string of the molecule is COc1cccc([C@@H](NS(=O)(=O)c2cn(CC(C)C)nc2C)c2nccn2C)c1. The fourth-order valence-corrected chi connectivity index (χ4v) is 4.56. The van der Waals surface area contributed by atoms with Gasteiger partial charge in [-0.3, -0.25) is 4.68 Å². The van der Waals surface area contributed by atoms with Crippen LogP contribution in [0.25, 0.3) is 0 Å². The van der Waals surface area contributed by atoms with Crippen molar-refractivity contribution in [3.63, 3.8) is 0 Å². The molecule has 0 aliphatic carbocycles. The lowest BCUT2D eigenvalue weighted by Gasteiger charge is -2.19. The number of hydrogen-bond acceptors (Lipinski definition) is 5. The summed E-state index contributed by atoms with van der Waals surface area (Å²) in [6, 6.07) is 6.61. The Morgan fingerprint density at radius 2 is 2.03 bits per heavy atom. The summed E-state index contributed by atoms with van der Waals surface area (Å²) in [5.41, 5.74) is 1.19. The monoisotopic (exact) mass is 417 g/mol. The lowest BCUT2D eigenvalue weighted by molar-refractivity contribution is 0.413. The van der Waals surface area contributed by atoms with E-state index >= 15 is 0 Å². The van der Waals surface area contributed by atoms with Crippen molar-refractivity contribution in [3.05, 3.63) is 59.9 Å². The molecular weight excluding hydrogens is 390 g/mol. The Hall–Kier alpha value is -2.65. The molecule has 0 aliphatic rings. The summed E-state index contributed by atoms with van der Waals surface area (Å²) in [7, 11) is -0.439. The number of aromatic nitrogens is 4. The number of rotatable bonds is 8. The third-order valence-electron chi connectivity index (χ3n) is 4.56. The first-order valence-electron chi connectivity index (χ1n) is 9.39. The van der Waals surface area contributed by atoms with E-state index in [9.17, 15) is 8.42 Å². The van der Waals surface area contributed by atoms with E-state index in [-0.39, 0.29) is 4.90 Å². The molecule has 0 aliphatic heterocycles. The van der Waals surface area contributed by atoms with Gasteiger partial charge in [0.2, 0.25) is 10.0 Å². The van der Waals surface area contributed by atoms with Gasteiger partial charge in [-0.15, -0.1) is 0 Å². The zero-order chi connectivity index (χ0) is 21.2. The van der Waals surface area contributed by atoms with Crippen LogP contribution in [0.5, 0.6) is 5.75 Å². The number of ether oxygens (including phenoxy) is 1. The van der Waals surface area contributed by atoms with Gasteiger partial charge < -0.3 is 9.30 Å². The van der Waals surface area contributed by atoms with Gasteiger partial charge in [0.05, 0.1) is 12.8 Å². The van der Waals surface area contributed by atoms with Gasteiger partial charge in [-0.05, 0) is 30.5 Å². The second-order valence-electron chi connectivity index (χ2n) is 7.42. The van der Waals surface area contributed by atoms with Gasteiger partial charge in [-0.25, -0.2) is 13.4 Å². The van der Waals surface area contributed by atoms with Gasteiger partial charge in [0.25, 0.3) is 0 Å². The van der Waals surface area contributed by atoms with Gasteiger partial charge in [0.1, 0.15) is 22.5 Å². The summed E-state index contributed by atoms with van der Waals surface area (Å²) in [6.45, 7) is 6.47. The number of benzene rings is 1. The minimum Gasteiger partial charge on any atom is -0.497 e. The summed E-state index contributed by atoms with van der Waals surface area (Å²) < 4.78 is 38.1. The van der Waals surface area contributed by atoms with Crippen LogP contribution in [0.3, 0.4) is 0 Å². The largest absolute Gasteiger partial charge is 0.497 e. The molecule has 3 rings (SSSR count). The zero-order valence-corrected chi connectivity index (χ0v) is 18.1. The van der Waals surface area contributed by atoms with Crippen LogP contribution in [0.2, 0.25) is 0 Å². The van der Waals surface area contributed by atoms with Gasteiger partial charge >= 0.3 is 0 Å². The minimum absolute atomic E-state index is 0.167. The molecule has 8 nitrogen and oxygen atoms in total. The average Bonchev–Trinajstić information content (AvgIpc) is 3.25. The van der Waals surface area contributed by atoms with Crippen molar-refractivity contribution >= 4 is 10.0 Å². The van der Waals surface area contributed by atoms with E-state index < -0.39 is 16.1 Å². The molecule has 1 atom stereocenters. The summed E-state index contributed by atoms with van der Waals surface area (Å²) in [4.78, 5) is 4.53. The summed E-state index contributed by atoms with van der Waals surface area (Å²) in [5, 5.41) is 4.36. The Kier molecular flexibility index (Phi) is 6.09. The third kappa shape index (κ3) is 4.68. The zero-order valence-electron chi connectivity index (χ0n) is 17.3. The number of nitrogens with zero attached hydrogens (tertiary/aromatic N) is 4. The predicted octanol–water partition coefficient (Wildman–Crippen LogP) is 2.66. The molecule has 0 radical (unpaired) electrons. The predicted molar refractivity (Wildman–Crippen MR) is 110 cm³/mol. The Morgan fingerprint density at radius 3 is 2.66 bits per heavy atom. The molecule has 1 N–H and O–H groups in total. The number of methoxy groups -OCH3 is 1. The third-order valence-corrected chi connectivity index (χ3v) is 6.09. The molecule has 156 valence electrons. The molecule has 0 spiro atoms. The van der Waals surface area contributed by atoms with Crippen LogP contribution in [-0.2, 0) is 23.6 Å². The van der Waals surface area contributed by atoms with Gasteiger partial charge in [0, 0.05) is 32.2 Å². The Bertz CT molecular complexity index is 1090. The van der Waals surface area contributed by atoms with Gasteiger partial charge in [-0.1, -0.05) is 26.0 Å². The van der Waals surface area contributed by atoms with Crippen molar-refractivity contribution in [1.82, 2.24) is 24.1 Å². The Morgan fingerprint density at radius 1 is 1.28 bits per heavy atom. The van der Waals surface area contributed by atoms with E-state index in [4.69, 9.17) is 4.74 Å². The van der Waals surface area contributed by atoms with Crippen LogP contribution >= 0.6 is 0 Å². The molecule has 29 heavy (non-hydrogen) atoms. The topological polar surface area (TPSA) is 91.0 Å². The van der Waals surface area contributed by atoms with Crippen molar-refractivity contribution in [1.29, 1.82) is 0 Å². The maximum Gasteiger partial charge on any atom is 0.244 e. The van der Waals surface area contributed by atoms with E-state index in [1.807, 2.05) is 25.2 Å². The van der Waals surface area contributed by atoms with Crippen molar-refractivity contribution < 1.29 is 13.2 Å². The van der Waals surface area contributed by atoms with Crippen molar-refractivity contribution in [2.45, 2.75) is 38.3 Å². The standard InChI is InChI=1S/C20H27N5O3S/c1-14(2)12-25-13-18(15(3)22-25)29(26,27)23-19(20-21-9-10-24(20)4)16-7-6-8-17(11-16)28-5/h6-11,13-14,19,23H,12H2,1-5H3/t19-/m1/s1. The number of nitrogens with one attached hydrogen (secondary N) is 1. The normalized spacial score (nSPS) is 13.0. The highest BCUT2D eigenvalue weighted by molar-refractivity contribution is 7.89. The van der Waals surface area contributed by atoms with Crippen LogP contribution in [0.15, 0.2) is 47.8 Å². The number of imidazole rings is 1. The second kappa shape index (κ2) is 8.38. The molecule has 9 heteroatoms. The Balaban J connectivity index is 2.01. The van der Waals surface area contributed by atoms with Crippen molar-refractivity contribution in [2.75, 3.05) is 7.11 Å². The molecule has 0 saturated heterocycles. The Labute approximate surface area is 171 Å². The molecule has 3 aromatic rings. The quantitative estimate of drug-likeness (QED) is 0.608. The molecule has 0 fully saturated rings. The van der Waals surface area contributed by atoms with E-state index in [0.717, 1.165) is 5.56 Å². The average molecular weight is 418 g/mol. The highest BCUT2D eigenvalue weighted by Crippen LogP contribution is 2.27. The second-order valence-corrected chi connectivity index (χ2v) is 9.10. The first-order chi connectivity index (χ1) is 13.7. The number of sulfonamides is 1. The summed E-state index contributed by atoms with van der Waals surface area (Å²) >= 11 is 0. The van der Waals surface area contributed by atoms with Gasteiger partial charge in [0.15, 0.2) is 0 Å². The minimum atomic E-state index is -3.84. The number of aryl methyl sites for hydroxylation is 2. The van der Waals surface area contributed by atoms with E-state index in [2.05, 4.69) is 28.7 Å². The molecule has 0 unspecified atom stereocenters. The van der Waals surface area contributed by atoms with Crippen LogP contribution < -0.4 is 9.46 Å². The molecule has 0 bridgehead atoms. The lowest BCUT2D eigenvalue weighted by Crippen LogP contribution is -2.31. The smallest absolute Gasteiger partial charge is 0.244 e. The van der Waals surface area contributed by atoms with E-state index in [1.165, 1.54) is 0 Å². The highest BCUT2D eigenvalue weighted by Gasteiger charge is 2.28. The first kappa shape index (κ1) is 21.1. The maximum absolute atomic E-state index is 13.3. The van der Waals surface area contributed by atoms with Crippen LogP contribution in [0.1, 0.15) is 37.0 Å². The molecular formula is C20H27N5O3S. The van der Waals surface area contributed by atoms with Crippen LogP contribution in [0, 0.1) is 12.8 Å².